The number of anilines is 2. The van der Waals surface area contributed by atoms with Crippen LogP contribution in [0, 0.1) is 5.82 Å². The summed E-state index contributed by atoms with van der Waals surface area (Å²) < 4.78 is 50.5. The summed E-state index contributed by atoms with van der Waals surface area (Å²) in [4.78, 5) is 16.3. The summed E-state index contributed by atoms with van der Waals surface area (Å²) in [5, 5.41) is 5.56. The van der Waals surface area contributed by atoms with Crippen LogP contribution in [0.25, 0.3) is 0 Å². The smallest absolute Gasteiger partial charge is 0.366 e. The van der Waals surface area contributed by atoms with Crippen LogP contribution in [-0.2, 0) is 12.7 Å². The van der Waals surface area contributed by atoms with Crippen molar-refractivity contribution in [3.05, 3.63) is 89.4 Å². The topological polar surface area (TPSA) is 54.0 Å². The molecule has 0 unspecified atom stereocenters. The van der Waals surface area contributed by atoms with E-state index in [1.54, 1.807) is 24.3 Å². The average Bonchev–Trinajstić information content (AvgIpc) is 2.67. The van der Waals surface area contributed by atoms with E-state index in [9.17, 15) is 22.4 Å². The fourth-order valence-corrected chi connectivity index (χ4v) is 2.37. The molecule has 0 spiro atoms. The number of nitrogens with zero attached hydrogens (tertiary/aromatic N) is 1. The van der Waals surface area contributed by atoms with Crippen molar-refractivity contribution in [3.8, 4) is 0 Å². The highest BCUT2D eigenvalue weighted by atomic mass is 19.4. The molecule has 28 heavy (non-hydrogen) atoms. The Morgan fingerprint density at radius 3 is 2.18 bits per heavy atom. The van der Waals surface area contributed by atoms with Crippen molar-refractivity contribution in [2.45, 2.75) is 12.7 Å². The molecule has 2 N–H and O–H groups in total. The number of carbonyl (C=O) groups is 1. The van der Waals surface area contributed by atoms with E-state index >= 15 is 0 Å². The van der Waals surface area contributed by atoms with E-state index in [0.717, 1.165) is 17.7 Å². The largest absolute Gasteiger partial charge is 0.416 e. The molecule has 144 valence electrons. The van der Waals surface area contributed by atoms with Gasteiger partial charge in [0.2, 0.25) is 0 Å². The van der Waals surface area contributed by atoms with Crippen molar-refractivity contribution < 1.29 is 22.4 Å². The molecule has 0 atom stereocenters. The van der Waals surface area contributed by atoms with Crippen molar-refractivity contribution in [1.82, 2.24) is 4.98 Å². The normalized spacial score (nSPS) is 11.1. The monoisotopic (exact) mass is 389 g/mol. The van der Waals surface area contributed by atoms with Gasteiger partial charge in [-0.2, -0.15) is 13.2 Å². The van der Waals surface area contributed by atoms with Crippen LogP contribution >= 0.6 is 0 Å². The van der Waals surface area contributed by atoms with Gasteiger partial charge < -0.3 is 10.6 Å². The van der Waals surface area contributed by atoms with E-state index in [-0.39, 0.29) is 17.1 Å². The Morgan fingerprint density at radius 2 is 1.61 bits per heavy atom. The van der Waals surface area contributed by atoms with Crippen LogP contribution in [-0.4, -0.2) is 10.9 Å². The average molecular weight is 389 g/mol. The molecule has 0 fully saturated rings. The third kappa shape index (κ3) is 5.06. The number of rotatable bonds is 5. The van der Waals surface area contributed by atoms with Crippen molar-refractivity contribution in [1.29, 1.82) is 0 Å². The molecule has 0 aliphatic carbocycles. The van der Waals surface area contributed by atoms with Crippen molar-refractivity contribution in [2.75, 3.05) is 10.6 Å². The number of carbonyl (C=O) groups excluding carboxylic acids is 1. The maximum atomic E-state index is 12.9. The minimum atomic E-state index is -4.43. The molecule has 4 nitrogen and oxygen atoms in total. The number of aromatic nitrogens is 1. The highest BCUT2D eigenvalue weighted by Crippen LogP contribution is 2.29. The molecule has 8 heteroatoms. The Balaban J connectivity index is 1.58. The molecule has 0 aliphatic heterocycles. The highest BCUT2D eigenvalue weighted by Gasteiger charge is 2.30. The fourth-order valence-electron chi connectivity index (χ4n) is 2.37. The Kier molecular flexibility index (Phi) is 5.58. The van der Waals surface area contributed by atoms with E-state index in [2.05, 4.69) is 15.6 Å². The van der Waals surface area contributed by atoms with E-state index in [1.807, 2.05) is 0 Å². The zero-order valence-corrected chi connectivity index (χ0v) is 14.4. The van der Waals surface area contributed by atoms with Crippen LogP contribution in [0.1, 0.15) is 21.5 Å². The lowest BCUT2D eigenvalue weighted by Gasteiger charge is -2.09. The van der Waals surface area contributed by atoms with Crippen molar-refractivity contribution in [2.24, 2.45) is 0 Å². The molecule has 1 amide bonds. The minimum absolute atomic E-state index is 0.247. The first-order chi connectivity index (χ1) is 13.3. The Bertz CT molecular complexity index is 937. The Hall–Kier alpha value is -3.42. The quantitative estimate of drug-likeness (QED) is 0.597. The van der Waals surface area contributed by atoms with Gasteiger partial charge in [-0.05, 0) is 54.1 Å². The predicted octanol–water partition coefficient (Wildman–Crippen LogP) is 5.10. The lowest BCUT2D eigenvalue weighted by atomic mass is 10.2. The number of amides is 1. The predicted molar refractivity (Wildman–Crippen MR) is 97.4 cm³/mol. The van der Waals surface area contributed by atoms with E-state index in [0.29, 0.717) is 12.4 Å². The molecule has 2 aromatic carbocycles. The molecule has 0 radical (unpaired) electrons. The van der Waals surface area contributed by atoms with Crippen LogP contribution in [0.15, 0.2) is 66.9 Å². The first-order valence-electron chi connectivity index (χ1n) is 8.24. The van der Waals surface area contributed by atoms with E-state index in [4.69, 9.17) is 0 Å². The Morgan fingerprint density at radius 1 is 0.929 bits per heavy atom. The van der Waals surface area contributed by atoms with Gasteiger partial charge in [-0.3, -0.25) is 4.79 Å². The molecule has 0 saturated carbocycles. The molecule has 1 heterocycles. The van der Waals surface area contributed by atoms with Gasteiger partial charge in [0.1, 0.15) is 11.6 Å². The van der Waals surface area contributed by atoms with Crippen LogP contribution < -0.4 is 10.6 Å². The zero-order valence-electron chi connectivity index (χ0n) is 14.4. The van der Waals surface area contributed by atoms with Gasteiger partial charge in [0.15, 0.2) is 0 Å². The standard InChI is InChI=1S/C20H15F4N3O/c21-16-6-1-13(2-7-16)11-25-18-10-3-14(12-26-18)19(28)27-17-8-4-15(5-9-17)20(22,23)24/h1-10,12H,11H2,(H,25,26)(H,27,28). The van der Waals surface area contributed by atoms with Gasteiger partial charge in [-0.1, -0.05) is 12.1 Å². The molecule has 0 bridgehead atoms. The lowest BCUT2D eigenvalue weighted by Crippen LogP contribution is -2.13. The lowest BCUT2D eigenvalue weighted by molar-refractivity contribution is -0.137. The molecule has 3 rings (SSSR count). The third-order valence-corrected chi connectivity index (χ3v) is 3.88. The van der Waals surface area contributed by atoms with E-state index < -0.39 is 17.6 Å². The summed E-state index contributed by atoms with van der Waals surface area (Å²) in [6, 6.07) is 13.3. The molecular weight excluding hydrogens is 374 g/mol. The van der Waals surface area contributed by atoms with Gasteiger partial charge in [-0.15, -0.1) is 0 Å². The number of nitrogens with one attached hydrogen (secondary N) is 2. The number of alkyl halides is 3. The highest BCUT2D eigenvalue weighted by molar-refractivity contribution is 6.04. The summed E-state index contributed by atoms with van der Waals surface area (Å²) in [5.41, 5.74) is 0.583. The first-order valence-corrected chi connectivity index (χ1v) is 8.24. The van der Waals surface area contributed by atoms with Crippen molar-refractivity contribution >= 4 is 17.4 Å². The van der Waals surface area contributed by atoms with Gasteiger partial charge in [0.25, 0.3) is 5.91 Å². The fraction of sp³-hybridized carbons (Fsp3) is 0.100. The molecule has 3 aromatic rings. The summed E-state index contributed by atoms with van der Waals surface area (Å²) in [6.07, 6.45) is -3.07. The number of hydrogen-bond donors (Lipinski definition) is 2. The van der Waals surface area contributed by atoms with Crippen LogP contribution in [0.2, 0.25) is 0 Å². The second-order valence-electron chi connectivity index (χ2n) is 5.94. The second kappa shape index (κ2) is 8.08. The number of benzene rings is 2. The Labute approximate surface area is 158 Å². The second-order valence-corrected chi connectivity index (χ2v) is 5.94. The maximum Gasteiger partial charge on any atom is 0.416 e. The third-order valence-electron chi connectivity index (χ3n) is 3.88. The molecular formula is C20H15F4N3O. The van der Waals surface area contributed by atoms with Gasteiger partial charge in [-0.25, -0.2) is 9.37 Å². The number of hydrogen-bond acceptors (Lipinski definition) is 3. The summed E-state index contributed by atoms with van der Waals surface area (Å²) in [7, 11) is 0. The zero-order chi connectivity index (χ0) is 20.1. The van der Waals surface area contributed by atoms with Crippen molar-refractivity contribution in [3.63, 3.8) is 0 Å². The van der Waals surface area contributed by atoms with Crippen LogP contribution in [0.3, 0.4) is 0 Å². The summed E-state index contributed by atoms with van der Waals surface area (Å²) in [6.45, 7) is 0.435. The maximum absolute atomic E-state index is 12.9. The van der Waals surface area contributed by atoms with Gasteiger partial charge in [0.05, 0.1) is 11.1 Å². The number of pyridine rings is 1. The van der Waals surface area contributed by atoms with E-state index in [1.165, 1.54) is 30.5 Å². The van der Waals surface area contributed by atoms with Crippen LogP contribution in [0.5, 0.6) is 0 Å². The summed E-state index contributed by atoms with van der Waals surface area (Å²) in [5.74, 6) is -0.280. The van der Waals surface area contributed by atoms with Crippen LogP contribution in [0.4, 0.5) is 29.1 Å². The van der Waals surface area contributed by atoms with Gasteiger partial charge >= 0.3 is 6.18 Å². The van der Waals surface area contributed by atoms with Gasteiger partial charge in [0, 0.05) is 18.4 Å². The molecule has 1 aromatic heterocycles. The molecule has 0 saturated heterocycles. The number of halogens is 4. The summed E-state index contributed by atoms with van der Waals surface area (Å²) >= 11 is 0. The first kappa shape index (κ1) is 19.3. The minimum Gasteiger partial charge on any atom is -0.366 e. The SMILES string of the molecule is O=C(Nc1ccc(C(F)(F)F)cc1)c1ccc(NCc2ccc(F)cc2)nc1. The molecule has 0 aliphatic rings.